The summed E-state index contributed by atoms with van der Waals surface area (Å²) in [7, 11) is 0. The lowest BCUT2D eigenvalue weighted by molar-refractivity contribution is -0.138. The lowest BCUT2D eigenvalue weighted by Gasteiger charge is -2.18. The second-order valence-electron chi connectivity index (χ2n) is 8.33. The molecule has 14 heteroatoms. The van der Waals surface area contributed by atoms with Gasteiger partial charge in [0.1, 0.15) is 17.2 Å². The molecule has 9 nitrogen and oxygen atoms in total. The number of fused-ring (bicyclic) bond motifs is 1. The largest absolute Gasteiger partial charge is 0.423 e. The Balaban J connectivity index is 1.48. The lowest BCUT2D eigenvalue weighted by Crippen LogP contribution is -2.27. The second kappa shape index (κ2) is 10.2. The van der Waals surface area contributed by atoms with Crippen molar-refractivity contribution < 1.29 is 17.6 Å². The Morgan fingerprint density at radius 2 is 2.00 bits per heavy atom. The normalized spacial score (nSPS) is 12.6. The summed E-state index contributed by atoms with van der Waals surface area (Å²) in [4.78, 5) is 32.8. The zero-order valence-electron chi connectivity index (χ0n) is 19.2. The number of H-pyrrole nitrogens is 1. The third-order valence-electron chi connectivity index (χ3n) is 5.64. The smallest absolute Gasteiger partial charge is 0.382 e. The zero-order valence-corrected chi connectivity index (χ0v) is 20.0. The van der Waals surface area contributed by atoms with Crippen molar-refractivity contribution in [1.82, 2.24) is 24.7 Å². The predicted octanol–water partition coefficient (Wildman–Crippen LogP) is 4.22. The Bertz CT molecular complexity index is 1590. The molecule has 0 saturated carbocycles. The molecule has 4 rings (SSSR count). The fourth-order valence-corrected chi connectivity index (χ4v) is 3.94. The van der Waals surface area contributed by atoms with Gasteiger partial charge in [-0.3, -0.25) is 14.2 Å². The van der Waals surface area contributed by atoms with Crippen LogP contribution < -0.4 is 22.2 Å². The van der Waals surface area contributed by atoms with Crippen LogP contribution in [0.25, 0.3) is 22.2 Å². The van der Waals surface area contributed by atoms with Gasteiger partial charge < -0.3 is 11.1 Å². The van der Waals surface area contributed by atoms with Crippen LogP contribution in [0.4, 0.5) is 29.1 Å². The number of anilines is 2. The highest BCUT2D eigenvalue weighted by Crippen LogP contribution is 2.32. The average Bonchev–Trinajstić information content (AvgIpc) is 2.81. The van der Waals surface area contributed by atoms with E-state index in [1.54, 1.807) is 12.0 Å². The van der Waals surface area contributed by atoms with E-state index in [1.807, 2.05) is 0 Å². The van der Waals surface area contributed by atoms with Gasteiger partial charge in [0, 0.05) is 18.2 Å². The number of nitrogens with one attached hydrogen (secondary N) is 2. The highest BCUT2D eigenvalue weighted by atomic mass is 35.5. The fraction of sp³-hybridized carbons (Fsp3) is 0.261. The monoisotopic (exact) mass is 537 g/mol. The third-order valence-corrected chi connectivity index (χ3v) is 5.96. The summed E-state index contributed by atoms with van der Waals surface area (Å²) in [5.74, 6) is -0.654. The molecule has 194 valence electrons. The Morgan fingerprint density at radius 3 is 2.70 bits per heavy atom. The molecule has 0 aliphatic carbocycles. The van der Waals surface area contributed by atoms with Crippen LogP contribution in [0.5, 0.6) is 0 Å². The maximum atomic E-state index is 14.9. The number of nitrogen functional groups attached to an aromatic ring is 1. The highest BCUT2D eigenvalue weighted by Gasteiger charge is 2.37. The first kappa shape index (κ1) is 26.1. The molecule has 0 aliphatic heterocycles. The van der Waals surface area contributed by atoms with E-state index < -0.39 is 40.4 Å². The lowest BCUT2D eigenvalue weighted by atomic mass is 10.1. The number of rotatable bonds is 7. The van der Waals surface area contributed by atoms with E-state index in [2.05, 4.69) is 20.4 Å². The molecule has 3 heterocycles. The van der Waals surface area contributed by atoms with Gasteiger partial charge in [-0.15, -0.1) is 0 Å². The number of hydrogen-bond donors (Lipinski definition) is 3. The number of nitrogens with zero attached hydrogens (tertiary/aromatic N) is 4. The first-order valence-electron chi connectivity index (χ1n) is 11.0. The van der Waals surface area contributed by atoms with E-state index >= 15 is 0 Å². The Kier molecular flexibility index (Phi) is 7.16. The molecule has 0 bridgehead atoms. The van der Waals surface area contributed by atoms with Gasteiger partial charge >= 0.3 is 6.18 Å². The SMILES string of the molecule is C[C@@H](CCCn1cnc2cc(-c3ccc(Cl)c(N)n3)c(F)cc2c1=O)Nc1cn[nH]c(=O)c1C(F)(F)F. The van der Waals surface area contributed by atoms with Gasteiger partial charge in [-0.25, -0.2) is 19.5 Å². The number of aromatic amines is 1. The molecule has 0 amide bonds. The summed E-state index contributed by atoms with van der Waals surface area (Å²) < 4.78 is 55.8. The van der Waals surface area contributed by atoms with Crippen LogP contribution in [-0.4, -0.2) is 30.8 Å². The van der Waals surface area contributed by atoms with Gasteiger partial charge in [0.15, 0.2) is 0 Å². The number of hydrogen-bond acceptors (Lipinski definition) is 7. The highest BCUT2D eigenvalue weighted by molar-refractivity contribution is 6.32. The van der Waals surface area contributed by atoms with E-state index in [9.17, 15) is 27.2 Å². The molecule has 4 N–H and O–H groups in total. The van der Waals surface area contributed by atoms with Crippen LogP contribution in [0.3, 0.4) is 0 Å². The average molecular weight is 538 g/mol. The second-order valence-corrected chi connectivity index (χ2v) is 8.74. The molecule has 0 unspecified atom stereocenters. The van der Waals surface area contributed by atoms with Crippen LogP contribution in [-0.2, 0) is 12.7 Å². The maximum absolute atomic E-state index is 14.9. The quantitative estimate of drug-likeness (QED) is 0.301. The molecule has 4 aromatic rings. The summed E-state index contributed by atoms with van der Waals surface area (Å²) in [6.45, 7) is 1.82. The van der Waals surface area contributed by atoms with Gasteiger partial charge in [-0.2, -0.15) is 18.3 Å². The fourth-order valence-electron chi connectivity index (χ4n) is 3.84. The Hall–Kier alpha value is -4.00. The summed E-state index contributed by atoms with van der Waals surface area (Å²) in [5.41, 5.74) is 2.68. The molecule has 0 saturated heterocycles. The molecule has 37 heavy (non-hydrogen) atoms. The summed E-state index contributed by atoms with van der Waals surface area (Å²) >= 11 is 5.87. The number of nitrogens with two attached hydrogens (primary N) is 1. The van der Waals surface area contributed by atoms with Crippen LogP contribution in [0.15, 0.2) is 46.4 Å². The molecule has 0 fully saturated rings. The van der Waals surface area contributed by atoms with Crippen LogP contribution in [0, 0.1) is 5.82 Å². The number of aromatic nitrogens is 5. The van der Waals surface area contributed by atoms with Crippen LogP contribution in [0.2, 0.25) is 5.02 Å². The topological polar surface area (TPSA) is 132 Å². The van der Waals surface area contributed by atoms with Crippen molar-refractivity contribution in [3.8, 4) is 11.3 Å². The molecular formula is C23H20ClF4N7O2. The minimum atomic E-state index is -4.85. The van der Waals surface area contributed by atoms with Crippen LogP contribution in [0.1, 0.15) is 25.3 Å². The minimum absolute atomic E-state index is 0.0377. The van der Waals surface area contributed by atoms with Gasteiger partial charge in [0.25, 0.3) is 11.1 Å². The molecule has 0 aliphatic rings. The zero-order chi connectivity index (χ0) is 26.9. The number of aryl methyl sites for hydroxylation is 1. The minimum Gasteiger partial charge on any atom is -0.382 e. The molecule has 3 aromatic heterocycles. The number of halogens is 5. The predicted molar refractivity (Wildman–Crippen MR) is 131 cm³/mol. The van der Waals surface area contributed by atoms with Crippen molar-refractivity contribution in [1.29, 1.82) is 0 Å². The Labute approximate surface area is 211 Å². The van der Waals surface area contributed by atoms with E-state index in [4.69, 9.17) is 17.3 Å². The van der Waals surface area contributed by atoms with Crippen molar-refractivity contribution in [3.63, 3.8) is 0 Å². The van der Waals surface area contributed by atoms with E-state index in [0.717, 1.165) is 12.3 Å². The molecule has 1 atom stereocenters. The van der Waals surface area contributed by atoms with Crippen molar-refractivity contribution in [2.75, 3.05) is 11.1 Å². The summed E-state index contributed by atoms with van der Waals surface area (Å²) in [6, 6.07) is 4.98. The van der Waals surface area contributed by atoms with Crippen molar-refractivity contribution in [3.05, 3.63) is 73.9 Å². The Morgan fingerprint density at radius 1 is 1.24 bits per heavy atom. The molecular weight excluding hydrogens is 518 g/mol. The van der Waals surface area contributed by atoms with Crippen LogP contribution >= 0.6 is 11.6 Å². The van der Waals surface area contributed by atoms with Gasteiger partial charge in [0.05, 0.1) is 39.8 Å². The van der Waals surface area contributed by atoms with E-state index in [-0.39, 0.29) is 39.5 Å². The number of alkyl halides is 3. The van der Waals surface area contributed by atoms with Gasteiger partial charge in [-0.1, -0.05) is 11.6 Å². The van der Waals surface area contributed by atoms with Gasteiger partial charge in [-0.05, 0) is 44.0 Å². The molecule has 1 aromatic carbocycles. The number of benzene rings is 1. The summed E-state index contributed by atoms with van der Waals surface area (Å²) in [6.07, 6.45) is -1.90. The maximum Gasteiger partial charge on any atom is 0.423 e. The van der Waals surface area contributed by atoms with Gasteiger partial charge in [0.2, 0.25) is 0 Å². The van der Waals surface area contributed by atoms with E-state index in [0.29, 0.717) is 12.8 Å². The van der Waals surface area contributed by atoms with Crippen molar-refractivity contribution in [2.24, 2.45) is 0 Å². The summed E-state index contributed by atoms with van der Waals surface area (Å²) in [5, 5.41) is 8.13. The molecule has 0 radical (unpaired) electrons. The third kappa shape index (κ3) is 5.56. The number of pyridine rings is 1. The van der Waals surface area contributed by atoms with E-state index in [1.165, 1.54) is 29.1 Å². The first-order chi connectivity index (χ1) is 17.5. The molecule has 0 spiro atoms. The van der Waals surface area contributed by atoms with Crippen molar-refractivity contribution in [2.45, 2.75) is 38.5 Å². The standard InChI is InChI=1S/C23H20ClF4N7O2/c1-11(32-18-9-31-34-21(36)19(18)23(26,27)28)3-2-6-35-10-30-17-8-12(15(25)7-13(17)22(35)37)16-5-4-14(24)20(29)33-16/h4-5,7-11H,2-3,6H2,1H3,(H2,29,33)(H2,32,34,36)/t11-/m0/s1. The van der Waals surface area contributed by atoms with Crippen molar-refractivity contribution >= 4 is 34.0 Å². The first-order valence-corrected chi connectivity index (χ1v) is 11.4.